The van der Waals surface area contributed by atoms with Crippen LogP contribution in [0.1, 0.15) is 50.2 Å². The summed E-state index contributed by atoms with van der Waals surface area (Å²) in [5, 5.41) is 0. The second kappa shape index (κ2) is 8.51. The highest BCUT2D eigenvalue weighted by Crippen LogP contribution is 2.46. The maximum Gasteiger partial charge on any atom is 0.337 e. The van der Waals surface area contributed by atoms with Crippen LogP contribution in [0.5, 0.6) is 5.75 Å². The van der Waals surface area contributed by atoms with Gasteiger partial charge < -0.3 is 19.9 Å². The lowest BCUT2D eigenvalue weighted by molar-refractivity contribution is -0.139. The molecule has 2 bridgehead atoms. The van der Waals surface area contributed by atoms with Gasteiger partial charge in [0.25, 0.3) is 0 Å². The molecule has 0 unspecified atom stereocenters. The monoisotopic (exact) mass is 361 g/mol. The lowest BCUT2D eigenvalue weighted by Crippen LogP contribution is -2.52. The second-order valence-corrected chi connectivity index (χ2v) is 7.85. The van der Waals surface area contributed by atoms with E-state index in [1.807, 2.05) is 12.1 Å². The van der Waals surface area contributed by atoms with Crippen molar-refractivity contribution in [3.8, 4) is 5.75 Å². The van der Waals surface area contributed by atoms with Gasteiger partial charge in [-0.05, 0) is 48.4 Å². The van der Waals surface area contributed by atoms with Gasteiger partial charge in [-0.15, -0.1) is 0 Å². The van der Waals surface area contributed by atoms with Gasteiger partial charge in [-0.25, -0.2) is 4.79 Å². The molecule has 0 aromatic heterocycles. The van der Waals surface area contributed by atoms with Gasteiger partial charge in [0, 0.05) is 18.6 Å². The molecule has 2 aliphatic rings. The Morgan fingerprint density at radius 2 is 2.12 bits per heavy atom. The Morgan fingerprint density at radius 1 is 1.27 bits per heavy atom. The first-order valence-corrected chi connectivity index (χ1v) is 9.71. The number of methoxy groups -OCH3 is 1. The summed E-state index contributed by atoms with van der Waals surface area (Å²) in [4.78, 5) is 12.0. The predicted octanol–water partition coefficient (Wildman–Crippen LogP) is 2.98. The largest absolute Gasteiger partial charge is 0.425 e. The van der Waals surface area contributed by atoms with Crippen molar-refractivity contribution in [2.75, 3.05) is 26.9 Å². The zero-order valence-corrected chi connectivity index (χ0v) is 16.0. The molecular formula is C21H31NO4. The highest BCUT2D eigenvalue weighted by Gasteiger charge is 2.43. The van der Waals surface area contributed by atoms with Gasteiger partial charge >= 0.3 is 5.97 Å². The number of esters is 1. The van der Waals surface area contributed by atoms with E-state index in [4.69, 9.17) is 19.9 Å². The molecule has 0 aliphatic heterocycles. The van der Waals surface area contributed by atoms with Crippen LogP contribution in [0.25, 0.3) is 0 Å². The van der Waals surface area contributed by atoms with Crippen molar-refractivity contribution in [2.45, 2.75) is 56.9 Å². The van der Waals surface area contributed by atoms with Crippen LogP contribution >= 0.6 is 0 Å². The predicted molar refractivity (Wildman–Crippen MR) is 100 cm³/mol. The van der Waals surface area contributed by atoms with Crippen LogP contribution in [0.4, 0.5) is 0 Å². The van der Waals surface area contributed by atoms with Crippen molar-refractivity contribution in [3.63, 3.8) is 0 Å². The molecule has 26 heavy (non-hydrogen) atoms. The number of fused-ring (bicyclic) bond motifs is 4. The molecule has 0 radical (unpaired) electrons. The number of hydrogen-bond acceptors (Lipinski definition) is 5. The Labute approximate surface area is 156 Å². The molecular weight excluding hydrogens is 330 g/mol. The van der Waals surface area contributed by atoms with Gasteiger partial charge in [-0.3, -0.25) is 0 Å². The van der Waals surface area contributed by atoms with E-state index in [9.17, 15) is 4.79 Å². The zero-order chi connectivity index (χ0) is 18.6. The Hall–Kier alpha value is -1.43. The van der Waals surface area contributed by atoms with Crippen molar-refractivity contribution in [3.05, 3.63) is 29.3 Å². The molecule has 2 N–H and O–H groups in total. The fourth-order valence-electron chi connectivity index (χ4n) is 4.56. The summed E-state index contributed by atoms with van der Waals surface area (Å²) in [5.41, 5.74) is 9.28. The fourth-order valence-corrected chi connectivity index (χ4v) is 4.56. The van der Waals surface area contributed by atoms with E-state index in [2.05, 4.69) is 13.0 Å². The minimum atomic E-state index is -0.387. The van der Waals surface area contributed by atoms with Crippen LogP contribution in [0.15, 0.2) is 18.2 Å². The summed E-state index contributed by atoms with van der Waals surface area (Å²) in [6, 6.07) is 6.20. The fraction of sp³-hybridized carbons (Fsp3) is 0.667. The Morgan fingerprint density at radius 3 is 2.92 bits per heavy atom. The molecule has 1 aromatic carbocycles. The van der Waals surface area contributed by atoms with Crippen molar-refractivity contribution >= 4 is 5.97 Å². The molecule has 1 saturated carbocycles. The third-order valence-corrected chi connectivity index (χ3v) is 6.08. The highest BCUT2D eigenvalue weighted by atomic mass is 16.6. The number of carbonyl (C=O) groups excluding carboxylic acids is 1. The van der Waals surface area contributed by atoms with E-state index < -0.39 is 0 Å². The lowest BCUT2D eigenvalue weighted by Gasteiger charge is -2.47. The van der Waals surface area contributed by atoms with Gasteiger partial charge in [0.05, 0.1) is 13.2 Å². The molecule has 0 heterocycles. The molecule has 3 atom stereocenters. The van der Waals surface area contributed by atoms with E-state index in [1.54, 1.807) is 7.11 Å². The van der Waals surface area contributed by atoms with Crippen molar-refractivity contribution < 1.29 is 19.0 Å². The third kappa shape index (κ3) is 4.11. The molecule has 144 valence electrons. The Kier molecular flexibility index (Phi) is 6.33. The van der Waals surface area contributed by atoms with Gasteiger partial charge in [-0.2, -0.15) is 0 Å². The van der Waals surface area contributed by atoms with Crippen LogP contribution in [0.3, 0.4) is 0 Å². The van der Waals surface area contributed by atoms with E-state index in [0.717, 1.165) is 12.8 Å². The number of ether oxygens (including phenoxy) is 3. The van der Waals surface area contributed by atoms with Crippen LogP contribution in [-0.4, -0.2) is 38.9 Å². The van der Waals surface area contributed by atoms with Crippen molar-refractivity contribution in [1.82, 2.24) is 0 Å². The zero-order valence-electron chi connectivity index (χ0n) is 16.0. The summed E-state index contributed by atoms with van der Waals surface area (Å²) in [6.45, 7) is 3.06. The van der Waals surface area contributed by atoms with Gasteiger partial charge in [-0.1, -0.05) is 32.3 Å². The molecule has 5 heteroatoms. The number of nitrogens with two attached hydrogens (primary N) is 1. The molecule has 3 rings (SSSR count). The van der Waals surface area contributed by atoms with Gasteiger partial charge in [0.1, 0.15) is 12.4 Å². The number of hydrogen-bond donors (Lipinski definition) is 1. The molecule has 1 aromatic rings. The summed E-state index contributed by atoms with van der Waals surface area (Å²) in [6.07, 6.45) is 7.10. The van der Waals surface area contributed by atoms with Crippen LogP contribution < -0.4 is 10.5 Å². The maximum atomic E-state index is 12.0. The van der Waals surface area contributed by atoms with E-state index in [1.165, 1.54) is 36.8 Å². The smallest absolute Gasteiger partial charge is 0.337 e. The minimum absolute atomic E-state index is 0.0456. The standard InChI is InChI=1S/C21H31NO4/c1-21-9-5-3-4-6-16(20(21)22)12-15-7-8-17(13-18(15)21)26-19(23)14-25-11-10-24-2/h7-8,13,16,20H,3-6,9-12,14,22H2,1-2H3/t16-,20-,21+/m0/s1. The topological polar surface area (TPSA) is 70.8 Å². The molecule has 5 nitrogen and oxygen atoms in total. The first-order valence-electron chi connectivity index (χ1n) is 9.71. The van der Waals surface area contributed by atoms with Crippen molar-refractivity contribution in [2.24, 2.45) is 11.7 Å². The minimum Gasteiger partial charge on any atom is -0.425 e. The summed E-state index contributed by atoms with van der Waals surface area (Å²) in [7, 11) is 1.60. The van der Waals surface area contributed by atoms with Crippen LogP contribution in [0, 0.1) is 5.92 Å². The van der Waals surface area contributed by atoms with Crippen molar-refractivity contribution in [1.29, 1.82) is 0 Å². The number of carbonyl (C=O) groups is 1. The number of rotatable bonds is 6. The Balaban J connectivity index is 1.75. The SMILES string of the molecule is COCCOCC(=O)Oc1ccc2c(c1)[C@@]1(C)CCCCC[C@@H](C2)[C@@H]1N. The molecule has 0 spiro atoms. The average Bonchev–Trinajstić information content (AvgIpc) is 2.63. The summed E-state index contributed by atoms with van der Waals surface area (Å²) >= 11 is 0. The normalized spacial score (nSPS) is 28.0. The first-order chi connectivity index (χ1) is 12.5. The number of benzene rings is 1. The summed E-state index contributed by atoms with van der Waals surface area (Å²) < 4.78 is 15.6. The average molecular weight is 361 g/mol. The highest BCUT2D eigenvalue weighted by molar-refractivity contribution is 5.73. The second-order valence-electron chi connectivity index (χ2n) is 7.85. The van der Waals surface area contributed by atoms with Crippen LogP contribution in [0.2, 0.25) is 0 Å². The first kappa shape index (κ1) is 19.3. The summed E-state index contributed by atoms with van der Waals surface area (Å²) in [5.74, 6) is 0.746. The third-order valence-electron chi connectivity index (χ3n) is 6.08. The molecule has 0 saturated heterocycles. The molecule has 0 amide bonds. The lowest BCUT2D eigenvalue weighted by atomic mass is 9.60. The maximum absolute atomic E-state index is 12.0. The van der Waals surface area contributed by atoms with E-state index in [-0.39, 0.29) is 24.0 Å². The molecule has 2 aliphatic carbocycles. The van der Waals surface area contributed by atoms with Crippen LogP contribution in [-0.2, 0) is 26.1 Å². The quantitative estimate of drug-likeness (QED) is 0.479. The van der Waals surface area contributed by atoms with Gasteiger partial charge in [0.2, 0.25) is 0 Å². The Bertz CT molecular complexity index is 632. The van der Waals surface area contributed by atoms with Gasteiger partial charge in [0.15, 0.2) is 0 Å². The molecule has 1 fully saturated rings. The van der Waals surface area contributed by atoms with E-state index >= 15 is 0 Å². The van der Waals surface area contributed by atoms with E-state index in [0.29, 0.717) is 24.9 Å².